The van der Waals surface area contributed by atoms with Crippen molar-refractivity contribution < 1.29 is 23.4 Å². The topological polar surface area (TPSA) is 73.2 Å². The number of benzene rings is 1. The van der Waals surface area contributed by atoms with E-state index in [1.54, 1.807) is 25.3 Å². The van der Waals surface area contributed by atoms with Gasteiger partial charge in [-0.3, -0.25) is 9.69 Å². The molecule has 3 rings (SSSR count). The summed E-state index contributed by atoms with van der Waals surface area (Å²) < 4.78 is 22.6. The van der Waals surface area contributed by atoms with Gasteiger partial charge >= 0.3 is 0 Å². The molecule has 1 amide bonds. The molecule has 7 heteroatoms. The van der Waals surface area contributed by atoms with Crippen LogP contribution in [0.5, 0.6) is 11.5 Å². The summed E-state index contributed by atoms with van der Waals surface area (Å²) in [6.45, 7) is 10.3. The minimum Gasteiger partial charge on any atom is -0.493 e. The molecule has 2 aromatic rings. The van der Waals surface area contributed by atoms with Gasteiger partial charge in [-0.1, -0.05) is 13.8 Å². The number of ether oxygens (including phenoxy) is 3. The molecule has 1 aromatic heterocycles. The Bertz CT molecular complexity index is 842. The summed E-state index contributed by atoms with van der Waals surface area (Å²) >= 11 is 0. The second-order valence-electron chi connectivity index (χ2n) is 8.22. The number of hydrogen-bond acceptors (Lipinski definition) is 6. The molecular formula is C24H34N2O5. The predicted octanol–water partition coefficient (Wildman–Crippen LogP) is 3.82. The van der Waals surface area contributed by atoms with Crippen molar-refractivity contribution >= 4 is 5.91 Å². The van der Waals surface area contributed by atoms with Gasteiger partial charge in [0.2, 0.25) is 0 Å². The lowest BCUT2D eigenvalue weighted by molar-refractivity contribution is 0.0117. The third-order valence-corrected chi connectivity index (χ3v) is 5.41. The standard InChI is InChI=1S/C24H34N2O5/c1-17(2)9-12-30-22-8-6-19(15-23(22)28-4)24(27)25-16-20(21-7-5-18(3)31-21)26-10-13-29-14-11-26/h5-8,15,17,20H,9-14,16H2,1-4H3,(H,25,27). The molecule has 0 aliphatic carbocycles. The maximum atomic E-state index is 12.9. The van der Waals surface area contributed by atoms with Crippen LogP contribution >= 0.6 is 0 Å². The number of nitrogens with one attached hydrogen (secondary N) is 1. The van der Waals surface area contributed by atoms with Crippen molar-refractivity contribution in [3.05, 3.63) is 47.4 Å². The van der Waals surface area contributed by atoms with E-state index in [4.69, 9.17) is 18.6 Å². The molecule has 1 fully saturated rings. The van der Waals surface area contributed by atoms with E-state index in [0.29, 0.717) is 49.3 Å². The first-order valence-corrected chi connectivity index (χ1v) is 10.9. The average Bonchev–Trinajstić information content (AvgIpc) is 3.20. The summed E-state index contributed by atoms with van der Waals surface area (Å²) in [5, 5.41) is 3.06. The molecule has 0 bridgehead atoms. The maximum absolute atomic E-state index is 12.9. The molecule has 0 saturated carbocycles. The van der Waals surface area contributed by atoms with Gasteiger partial charge in [0.1, 0.15) is 11.5 Å². The highest BCUT2D eigenvalue weighted by Crippen LogP contribution is 2.29. The maximum Gasteiger partial charge on any atom is 0.251 e. The van der Waals surface area contributed by atoms with Gasteiger partial charge in [-0.25, -0.2) is 0 Å². The van der Waals surface area contributed by atoms with E-state index >= 15 is 0 Å². The summed E-state index contributed by atoms with van der Waals surface area (Å²) in [6.07, 6.45) is 0.959. The van der Waals surface area contributed by atoms with E-state index < -0.39 is 0 Å². The minimum atomic E-state index is -0.159. The summed E-state index contributed by atoms with van der Waals surface area (Å²) in [4.78, 5) is 15.2. The zero-order valence-electron chi connectivity index (χ0n) is 19.0. The summed E-state index contributed by atoms with van der Waals surface area (Å²) in [6, 6.07) is 9.18. The lowest BCUT2D eigenvalue weighted by Gasteiger charge is -2.33. The van der Waals surface area contributed by atoms with Crippen LogP contribution in [0.15, 0.2) is 34.7 Å². The fourth-order valence-corrected chi connectivity index (χ4v) is 3.56. The molecule has 31 heavy (non-hydrogen) atoms. The largest absolute Gasteiger partial charge is 0.493 e. The van der Waals surface area contributed by atoms with E-state index in [-0.39, 0.29) is 11.9 Å². The lowest BCUT2D eigenvalue weighted by atomic mass is 10.1. The van der Waals surface area contributed by atoms with E-state index in [2.05, 4.69) is 24.1 Å². The molecule has 170 valence electrons. The van der Waals surface area contributed by atoms with E-state index in [0.717, 1.165) is 31.0 Å². The fraction of sp³-hybridized carbons (Fsp3) is 0.542. The van der Waals surface area contributed by atoms with Crippen LogP contribution in [-0.2, 0) is 4.74 Å². The molecule has 0 radical (unpaired) electrons. The molecule has 0 spiro atoms. The smallest absolute Gasteiger partial charge is 0.251 e. The van der Waals surface area contributed by atoms with Crippen LogP contribution in [0.3, 0.4) is 0 Å². The number of furan rings is 1. The van der Waals surface area contributed by atoms with Crippen LogP contribution in [0.25, 0.3) is 0 Å². The summed E-state index contributed by atoms with van der Waals surface area (Å²) in [7, 11) is 1.58. The quantitative estimate of drug-likeness (QED) is 0.618. The molecule has 1 atom stereocenters. The molecule has 1 aromatic carbocycles. The Hall–Kier alpha value is -2.51. The van der Waals surface area contributed by atoms with E-state index in [1.165, 1.54) is 0 Å². The summed E-state index contributed by atoms with van der Waals surface area (Å²) in [5.41, 5.74) is 0.532. The SMILES string of the molecule is COc1cc(C(=O)NCC(c2ccc(C)o2)N2CCOCC2)ccc1OCCC(C)C. The first-order valence-electron chi connectivity index (χ1n) is 10.9. The van der Waals surface area contributed by atoms with Crippen molar-refractivity contribution in [2.75, 3.05) is 46.6 Å². The van der Waals surface area contributed by atoms with Gasteiger partial charge in [0.25, 0.3) is 5.91 Å². The van der Waals surface area contributed by atoms with E-state index in [9.17, 15) is 4.79 Å². The van der Waals surface area contributed by atoms with Crippen LogP contribution in [0.1, 0.15) is 48.2 Å². The minimum absolute atomic E-state index is 0.0397. The Morgan fingerprint density at radius 1 is 1.16 bits per heavy atom. The molecule has 1 aliphatic rings. The van der Waals surface area contributed by atoms with Gasteiger partial charge in [0.15, 0.2) is 11.5 Å². The van der Waals surface area contributed by atoms with Crippen molar-refractivity contribution in [3.8, 4) is 11.5 Å². The monoisotopic (exact) mass is 430 g/mol. The Morgan fingerprint density at radius 2 is 1.94 bits per heavy atom. The number of nitrogens with zero attached hydrogens (tertiary/aromatic N) is 1. The van der Waals surface area contributed by atoms with Crippen molar-refractivity contribution in [2.45, 2.75) is 33.2 Å². The van der Waals surface area contributed by atoms with Gasteiger partial charge in [0.05, 0.1) is 33.0 Å². The number of aryl methyl sites for hydroxylation is 1. The highest BCUT2D eigenvalue weighted by molar-refractivity contribution is 5.94. The van der Waals surface area contributed by atoms with Crippen LogP contribution in [0, 0.1) is 12.8 Å². The normalized spacial score (nSPS) is 15.6. The second kappa shape index (κ2) is 11.2. The number of hydrogen-bond donors (Lipinski definition) is 1. The molecule has 1 saturated heterocycles. The summed E-state index contributed by atoms with van der Waals surface area (Å²) in [5.74, 6) is 3.32. The Kier molecular flexibility index (Phi) is 8.37. The van der Waals surface area contributed by atoms with Crippen molar-refractivity contribution in [2.24, 2.45) is 5.92 Å². The molecule has 1 N–H and O–H groups in total. The first-order chi connectivity index (χ1) is 15.0. The Morgan fingerprint density at radius 3 is 2.58 bits per heavy atom. The number of carbonyl (C=O) groups is 1. The van der Waals surface area contributed by atoms with Gasteiger partial charge in [0, 0.05) is 25.2 Å². The van der Waals surface area contributed by atoms with Crippen molar-refractivity contribution in [3.63, 3.8) is 0 Å². The van der Waals surface area contributed by atoms with Crippen LogP contribution < -0.4 is 14.8 Å². The van der Waals surface area contributed by atoms with Gasteiger partial charge in [-0.05, 0) is 49.6 Å². The second-order valence-corrected chi connectivity index (χ2v) is 8.22. The molecule has 7 nitrogen and oxygen atoms in total. The van der Waals surface area contributed by atoms with Gasteiger partial charge < -0.3 is 23.9 Å². The third-order valence-electron chi connectivity index (χ3n) is 5.41. The highest BCUT2D eigenvalue weighted by Gasteiger charge is 2.26. The van der Waals surface area contributed by atoms with Crippen molar-refractivity contribution in [1.29, 1.82) is 0 Å². The number of rotatable bonds is 10. The number of carbonyl (C=O) groups excluding carboxylic acids is 1. The highest BCUT2D eigenvalue weighted by atomic mass is 16.5. The number of methoxy groups -OCH3 is 1. The fourth-order valence-electron chi connectivity index (χ4n) is 3.56. The zero-order valence-corrected chi connectivity index (χ0v) is 19.0. The van der Waals surface area contributed by atoms with Crippen molar-refractivity contribution in [1.82, 2.24) is 10.2 Å². The first kappa shape index (κ1) is 23.2. The van der Waals surface area contributed by atoms with Crippen LogP contribution in [0.4, 0.5) is 0 Å². The zero-order chi connectivity index (χ0) is 22.2. The Balaban J connectivity index is 1.66. The number of amides is 1. The van der Waals surface area contributed by atoms with E-state index in [1.807, 2.05) is 19.1 Å². The van der Waals surface area contributed by atoms with Gasteiger partial charge in [-0.15, -0.1) is 0 Å². The average molecular weight is 431 g/mol. The molecule has 2 heterocycles. The third kappa shape index (κ3) is 6.48. The lowest BCUT2D eigenvalue weighted by Crippen LogP contribution is -2.43. The molecular weight excluding hydrogens is 396 g/mol. The molecule has 1 aliphatic heterocycles. The number of morpholine rings is 1. The van der Waals surface area contributed by atoms with Crippen LogP contribution in [0.2, 0.25) is 0 Å². The Labute approximate surface area is 184 Å². The van der Waals surface area contributed by atoms with Crippen LogP contribution in [-0.4, -0.2) is 57.4 Å². The predicted molar refractivity (Wildman–Crippen MR) is 119 cm³/mol. The molecule has 1 unspecified atom stereocenters. The van der Waals surface area contributed by atoms with Gasteiger partial charge in [-0.2, -0.15) is 0 Å².